The van der Waals surface area contributed by atoms with Gasteiger partial charge in [-0.05, 0) is 38.0 Å². The van der Waals surface area contributed by atoms with Crippen molar-refractivity contribution in [1.82, 2.24) is 14.6 Å². The zero-order valence-electron chi connectivity index (χ0n) is 20.0. The van der Waals surface area contributed by atoms with Crippen LogP contribution in [0.15, 0.2) is 58.3 Å². The van der Waals surface area contributed by atoms with Gasteiger partial charge in [-0.15, -0.1) is 0 Å². The molecule has 3 rings (SSSR count). The van der Waals surface area contributed by atoms with Gasteiger partial charge in [0.25, 0.3) is 5.56 Å². The smallest absolute Gasteiger partial charge is 0.459 e. The number of benzene rings is 1. The van der Waals surface area contributed by atoms with Gasteiger partial charge < -0.3 is 14.0 Å². The molecule has 1 aliphatic heterocycles. The Morgan fingerprint density at radius 2 is 1.94 bits per heavy atom. The minimum Gasteiger partial charge on any atom is -0.465 e. The Morgan fingerprint density at radius 1 is 1.23 bits per heavy atom. The number of H-pyrrole nitrogens is 1. The van der Waals surface area contributed by atoms with Gasteiger partial charge in [0.2, 0.25) is 0 Å². The normalized spacial score (nSPS) is 19.9. The lowest BCUT2D eigenvalue weighted by Gasteiger charge is -2.27. The van der Waals surface area contributed by atoms with E-state index in [1.165, 1.54) is 10.8 Å². The first kappa shape index (κ1) is 26.6. The average Bonchev–Trinajstić information content (AvgIpc) is 3.28. The molecule has 2 aromatic rings. The van der Waals surface area contributed by atoms with Crippen LogP contribution in [0.1, 0.15) is 32.6 Å². The molecule has 11 nitrogen and oxygen atoms in total. The fourth-order valence-electron chi connectivity index (χ4n) is 3.28. The third-order valence-corrected chi connectivity index (χ3v) is 6.64. The van der Waals surface area contributed by atoms with Crippen LogP contribution < -0.4 is 20.9 Å². The molecule has 0 saturated carbocycles. The molecule has 2 heterocycles. The van der Waals surface area contributed by atoms with Gasteiger partial charge in [-0.2, -0.15) is 5.09 Å². The lowest BCUT2D eigenvalue weighted by Crippen LogP contribution is -2.42. The van der Waals surface area contributed by atoms with E-state index in [0.29, 0.717) is 5.56 Å². The molecule has 2 N–H and O–H groups in total. The van der Waals surface area contributed by atoms with Crippen molar-refractivity contribution in [1.29, 1.82) is 0 Å². The molecule has 0 radical (unpaired) electrons. The minimum absolute atomic E-state index is 0.167. The number of aryl methyl sites for hydroxylation is 1. The van der Waals surface area contributed by atoms with Crippen molar-refractivity contribution < 1.29 is 27.9 Å². The van der Waals surface area contributed by atoms with Crippen LogP contribution in [-0.2, 0) is 23.4 Å². The number of nitrogens with zero attached hydrogens (tertiary/aromatic N) is 1. The summed E-state index contributed by atoms with van der Waals surface area (Å²) in [6.07, 6.45) is 3.22. The molecule has 1 aliphatic rings. The summed E-state index contributed by atoms with van der Waals surface area (Å²) in [6.45, 7) is 6.78. The van der Waals surface area contributed by atoms with E-state index < -0.39 is 43.3 Å². The Bertz CT molecular complexity index is 1210. The summed E-state index contributed by atoms with van der Waals surface area (Å²) in [7, 11) is -4.08. The topological polar surface area (TPSA) is 138 Å². The van der Waals surface area contributed by atoms with Gasteiger partial charge in [-0.25, -0.2) is 9.36 Å². The number of aromatic nitrogens is 2. The molecule has 0 spiro atoms. The quantitative estimate of drug-likeness (QED) is 0.267. The molecule has 0 saturated heterocycles. The van der Waals surface area contributed by atoms with E-state index in [1.807, 2.05) is 0 Å². The fourth-order valence-corrected chi connectivity index (χ4v) is 4.94. The second-order valence-corrected chi connectivity index (χ2v) is 9.92. The van der Waals surface area contributed by atoms with Crippen molar-refractivity contribution in [2.45, 2.75) is 46.1 Å². The van der Waals surface area contributed by atoms with Crippen LogP contribution in [0.25, 0.3) is 0 Å². The van der Waals surface area contributed by atoms with Gasteiger partial charge in [-0.3, -0.25) is 23.7 Å². The van der Waals surface area contributed by atoms with Crippen molar-refractivity contribution in [2.75, 3.05) is 13.2 Å². The molecule has 1 unspecified atom stereocenters. The van der Waals surface area contributed by atoms with E-state index >= 15 is 0 Å². The van der Waals surface area contributed by atoms with Crippen LogP contribution in [0, 0.1) is 12.8 Å². The maximum absolute atomic E-state index is 13.7. The van der Waals surface area contributed by atoms with E-state index in [9.17, 15) is 18.9 Å². The summed E-state index contributed by atoms with van der Waals surface area (Å²) in [5.74, 6) is -0.564. The van der Waals surface area contributed by atoms with Gasteiger partial charge >= 0.3 is 19.4 Å². The number of para-hydroxylation sites is 1. The number of aromatic amines is 1. The summed E-state index contributed by atoms with van der Waals surface area (Å²) in [5.41, 5.74) is -0.741. The highest BCUT2D eigenvalue weighted by molar-refractivity contribution is 7.52. The molecule has 0 aliphatic carbocycles. The number of hydrogen-bond acceptors (Lipinski definition) is 8. The number of rotatable bonds is 11. The van der Waals surface area contributed by atoms with E-state index in [0.717, 1.165) is 0 Å². The highest BCUT2D eigenvalue weighted by Crippen LogP contribution is 2.46. The second-order valence-electron chi connectivity index (χ2n) is 8.23. The number of carbonyl (C=O) groups excluding carboxylic acids is 1. The lowest BCUT2D eigenvalue weighted by atomic mass is 10.1. The maximum atomic E-state index is 13.7. The first-order chi connectivity index (χ1) is 16.6. The number of ether oxygens (including phenoxy) is 2. The standard InChI is InChI=1S/C23H30N3O8P/c1-5-31-22(28)20(15(2)3)25-35(30,34-17-9-7-6-8-10-17)32-14-18-11-12-19(33-18)26-13-16(4)21(27)24-23(26)29/h6-13,15,18-20H,5,14H2,1-4H3,(H,25,30)(H,24,27,29)/t18-,19+,20+,35?/m0/s1. The van der Waals surface area contributed by atoms with Crippen LogP contribution in [0.3, 0.4) is 0 Å². The fraction of sp³-hybridized carbons (Fsp3) is 0.435. The summed E-state index contributed by atoms with van der Waals surface area (Å²) in [6, 6.07) is 7.47. The lowest BCUT2D eigenvalue weighted by molar-refractivity contribution is -0.146. The monoisotopic (exact) mass is 507 g/mol. The number of esters is 1. The molecule has 0 bridgehead atoms. The summed E-state index contributed by atoms with van der Waals surface area (Å²) < 4.78 is 37.2. The van der Waals surface area contributed by atoms with Crippen LogP contribution in [0.5, 0.6) is 5.75 Å². The maximum Gasteiger partial charge on any atom is 0.459 e. The largest absolute Gasteiger partial charge is 0.465 e. The SMILES string of the molecule is CCOC(=O)[C@H](NP(=O)(OC[C@@H]1C=C[C@H](n2cc(C)c(=O)[nH]c2=O)O1)Oc1ccccc1)C(C)C. The summed E-state index contributed by atoms with van der Waals surface area (Å²) in [5, 5.41) is 2.71. The van der Waals surface area contributed by atoms with Crippen molar-refractivity contribution in [3.8, 4) is 5.75 Å². The Balaban J connectivity index is 1.74. The molecule has 0 fully saturated rings. The van der Waals surface area contributed by atoms with Gasteiger partial charge in [0.15, 0.2) is 6.23 Å². The van der Waals surface area contributed by atoms with Crippen LogP contribution in [-0.4, -0.2) is 40.9 Å². The molecular weight excluding hydrogens is 477 g/mol. The van der Waals surface area contributed by atoms with E-state index in [4.69, 9.17) is 18.5 Å². The Labute approximate surface area is 202 Å². The van der Waals surface area contributed by atoms with Crippen LogP contribution in [0.2, 0.25) is 0 Å². The summed E-state index contributed by atoms with van der Waals surface area (Å²) >= 11 is 0. The molecule has 12 heteroatoms. The first-order valence-electron chi connectivity index (χ1n) is 11.2. The molecular formula is C23H30N3O8P. The second kappa shape index (κ2) is 11.6. The Hall–Kier alpha value is -2.98. The first-order valence-corrected chi connectivity index (χ1v) is 12.8. The van der Waals surface area contributed by atoms with Crippen molar-refractivity contribution in [3.05, 3.63) is 75.1 Å². The molecule has 35 heavy (non-hydrogen) atoms. The highest BCUT2D eigenvalue weighted by atomic mass is 31.2. The van der Waals surface area contributed by atoms with Gasteiger partial charge in [0.1, 0.15) is 17.9 Å². The number of hydrogen-bond donors (Lipinski definition) is 2. The number of carbonyl (C=O) groups is 1. The van der Waals surface area contributed by atoms with Crippen molar-refractivity contribution in [3.63, 3.8) is 0 Å². The van der Waals surface area contributed by atoms with E-state index in [1.54, 1.807) is 70.2 Å². The highest BCUT2D eigenvalue weighted by Gasteiger charge is 2.37. The minimum atomic E-state index is -4.08. The number of nitrogens with one attached hydrogen (secondary N) is 2. The molecule has 1 aromatic carbocycles. The predicted molar refractivity (Wildman–Crippen MR) is 128 cm³/mol. The van der Waals surface area contributed by atoms with Crippen molar-refractivity contribution >= 4 is 13.7 Å². The van der Waals surface area contributed by atoms with Crippen LogP contribution >= 0.6 is 7.75 Å². The van der Waals surface area contributed by atoms with Crippen molar-refractivity contribution in [2.24, 2.45) is 5.92 Å². The van der Waals surface area contributed by atoms with Gasteiger partial charge in [0, 0.05) is 11.8 Å². The molecule has 0 amide bonds. The van der Waals surface area contributed by atoms with Gasteiger partial charge in [-0.1, -0.05) is 38.1 Å². The van der Waals surface area contributed by atoms with Crippen LogP contribution in [0.4, 0.5) is 0 Å². The average molecular weight is 507 g/mol. The molecule has 4 atom stereocenters. The Kier molecular flexibility index (Phi) is 8.85. The van der Waals surface area contributed by atoms with E-state index in [2.05, 4.69) is 10.1 Å². The third-order valence-electron chi connectivity index (χ3n) is 5.11. The molecule has 190 valence electrons. The third kappa shape index (κ3) is 7.02. The zero-order chi connectivity index (χ0) is 25.6. The summed E-state index contributed by atoms with van der Waals surface area (Å²) in [4.78, 5) is 38.5. The predicted octanol–water partition coefficient (Wildman–Crippen LogP) is 2.68. The van der Waals surface area contributed by atoms with E-state index in [-0.39, 0.29) is 24.9 Å². The van der Waals surface area contributed by atoms with Gasteiger partial charge in [0.05, 0.1) is 13.2 Å². The Morgan fingerprint density at radius 3 is 2.60 bits per heavy atom. The molecule has 1 aromatic heterocycles. The zero-order valence-corrected chi connectivity index (χ0v) is 20.9.